The molecular formula is C10H20O. The molecule has 0 saturated heterocycles. The van der Waals surface area contributed by atoms with Gasteiger partial charge in [0.2, 0.25) is 0 Å². The maximum Gasteiger partial charge on any atom is 0.0647 e. The van der Waals surface area contributed by atoms with Crippen molar-refractivity contribution in [2.45, 2.75) is 46.1 Å². The zero-order chi connectivity index (χ0) is 8.48. The van der Waals surface area contributed by atoms with Crippen molar-refractivity contribution in [3.05, 3.63) is 0 Å². The van der Waals surface area contributed by atoms with E-state index in [1.165, 1.54) is 19.3 Å². The fourth-order valence-corrected chi connectivity index (χ4v) is 2.38. The van der Waals surface area contributed by atoms with Crippen molar-refractivity contribution < 1.29 is 4.74 Å². The summed E-state index contributed by atoms with van der Waals surface area (Å²) in [5, 5.41) is 0. The molecule has 0 bridgehead atoms. The van der Waals surface area contributed by atoms with Crippen molar-refractivity contribution in [2.24, 2.45) is 11.3 Å². The molecular weight excluding hydrogens is 136 g/mol. The predicted octanol–water partition coefficient (Wildman–Crippen LogP) is 2.85. The van der Waals surface area contributed by atoms with Gasteiger partial charge in [-0.3, -0.25) is 0 Å². The van der Waals surface area contributed by atoms with Crippen LogP contribution in [0.5, 0.6) is 0 Å². The Morgan fingerprint density at radius 1 is 1.27 bits per heavy atom. The molecule has 1 unspecified atom stereocenters. The molecule has 0 spiro atoms. The highest BCUT2D eigenvalue weighted by Crippen LogP contribution is 2.46. The molecule has 0 aliphatic heterocycles. The Balaban J connectivity index is 2.53. The third-order valence-corrected chi connectivity index (χ3v) is 3.04. The van der Waals surface area contributed by atoms with Crippen LogP contribution in [0.2, 0.25) is 0 Å². The molecule has 1 aliphatic carbocycles. The Labute approximate surface area is 70.1 Å². The third-order valence-electron chi connectivity index (χ3n) is 3.04. The van der Waals surface area contributed by atoms with Crippen LogP contribution in [0, 0.1) is 11.3 Å². The largest absolute Gasteiger partial charge is 0.381 e. The molecule has 0 heterocycles. The smallest absolute Gasteiger partial charge is 0.0647 e. The first kappa shape index (κ1) is 9.05. The molecule has 66 valence electrons. The van der Waals surface area contributed by atoms with E-state index in [4.69, 9.17) is 4.74 Å². The lowest BCUT2D eigenvalue weighted by Gasteiger charge is -2.46. The lowest BCUT2D eigenvalue weighted by atomic mass is 9.64. The summed E-state index contributed by atoms with van der Waals surface area (Å²) >= 11 is 0. The summed E-state index contributed by atoms with van der Waals surface area (Å²) in [6.45, 7) is 6.85. The van der Waals surface area contributed by atoms with E-state index in [2.05, 4.69) is 20.8 Å². The summed E-state index contributed by atoms with van der Waals surface area (Å²) in [5.74, 6) is 0.658. The van der Waals surface area contributed by atoms with E-state index in [1.807, 2.05) is 7.11 Å². The van der Waals surface area contributed by atoms with Crippen molar-refractivity contribution in [3.63, 3.8) is 0 Å². The minimum absolute atomic E-state index is 0.469. The molecule has 0 radical (unpaired) electrons. The van der Waals surface area contributed by atoms with Gasteiger partial charge in [0, 0.05) is 7.11 Å². The molecule has 1 aliphatic rings. The molecule has 0 N–H and O–H groups in total. The van der Waals surface area contributed by atoms with E-state index in [0.29, 0.717) is 17.4 Å². The number of methoxy groups -OCH3 is 1. The van der Waals surface area contributed by atoms with Crippen LogP contribution < -0.4 is 0 Å². The minimum Gasteiger partial charge on any atom is -0.381 e. The Kier molecular flexibility index (Phi) is 2.58. The molecule has 0 amide bonds. The summed E-state index contributed by atoms with van der Waals surface area (Å²) in [4.78, 5) is 0. The summed E-state index contributed by atoms with van der Waals surface area (Å²) in [6, 6.07) is 0. The van der Waals surface area contributed by atoms with Crippen molar-refractivity contribution in [2.75, 3.05) is 7.11 Å². The lowest BCUT2D eigenvalue weighted by molar-refractivity contribution is -0.0740. The summed E-state index contributed by atoms with van der Waals surface area (Å²) in [6.07, 6.45) is 4.56. The first-order valence-electron chi connectivity index (χ1n) is 4.63. The van der Waals surface area contributed by atoms with Crippen molar-refractivity contribution >= 4 is 0 Å². The Morgan fingerprint density at radius 2 is 1.82 bits per heavy atom. The predicted molar refractivity (Wildman–Crippen MR) is 47.6 cm³/mol. The van der Waals surface area contributed by atoms with Crippen molar-refractivity contribution in [3.8, 4) is 0 Å². The Hall–Kier alpha value is -0.0400. The quantitative estimate of drug-likeness (QED) is 0.610. The van der Waals surface area contributed by atoms with Gasteiger partial charge in [0.25, 0.3) is 0 Å². The monoisotopic (exact) mass is 156 g/mol. The first-order valence-corrected chi connectivity index (χ1v) is 4.63. The fourth-order valence-electron chi connectivity index (χ4n) is 2.38. The van der Waals surface area contributed by atoms with Crippen LogP contribution in [-0.4, -0.2) is 13.2 Å². The molecule has 0 aromatic rings. The van der Waals surface area contributed by atoms with Crippen molar-refractivity contribution in [1.29, 1.82) is 0 Å². The molecule has 1 fully saturated rings. The van der Waals surface area contributed by atoms with Gasteiger partial charge in [0.05, 0.1) is 6.10 Å². The van der Waals surface area contributed by atoms with Gasteiger partial charge in [-0.1, -0.05) is 27.2 Å². The number of rotatable bonds is 3. The van der Waals surface area contributed by atoms with Gasteiger partial charge >= 0.3 is 0 Å². The molecule has 1 saturated carbocycles. The second-order valence-electron chi connectivity index (χ2n) is 4.41. The maximum absolute atomic E-state index is 5.52. The van der Waals surface area contributed by atoms with Crippen LogP contribution in [0.1, 0.15) is 40.0 Å². The second kappa shape index (κ2) is 3.14. The summed E-state index contributed by atoms with van der Waals surface area (Å²) in [7, 11) is 1.84. The standard InChI is InChI=1S/C10H20O/c1-8(2)9(11-4)10(3)6-5-7-10/h8-9H,5-7H2,1-4H3. The number of hydrogen-bond acceptors (Lipinski definition) is 1. The number of hydrogen-bond donors (Lipinski definition) is 0. The minimum atomic E-state index is 0.469. The fraction of sp³-hybridized carbons (Fsp3) is 1.00. The topological polar surface area (TPSA) is 9.23 Å². The van der Waals surface area contributed by atoms with E-state index in [-0.39, 0.29) is 0 Å². The van der Waals surface area contributed by atoms with Gasteiger partial charge < -0.3 is 4.74 Å². The van der Waals surface area contributed by atoms with Crippen LogP contribution in [0.4, 0.5) is 0 Å². The zero-order valence-electron chi connectivity index (χ0n) is 8.18. The molecule has 1 atom stereocenters. The zero-order valence-corrected chi connectivity index (χ0v) is 8.18. The molecule has 1 heteroatoms. The molecule has 0 aromatic heterocycles. The van der Waals surface area contributed by atoms with Crippen LogP contribution in [0.25, 0.3) is 0 Å². The van der Waals surface area contributed by atoms with Gasteiger partial charge in [-0.25, -0.2) is 0 Å². The van der Waals surface area contributed by atoms with Gasteiger partial charge in [0.1, 0.15) is 0 Å². The van der Waals surface area contributed by atoms with Crippen LogP contribution in [0.15, 0.2) is 0 Å². The first-order chi connectivity index (χ1) is 5.10. The highest BCUT2D eigenvalue weighted by Gasteiger charge is 2.41. The molecule has 1 rings (SSSR count). The summed E-state index contributed by atoms with van der Waals surface area (Å²) in [5.41, 5.74) is 0.489. The lowest BCUT2D eigenvalue weighted by Crippen LogP contribution is -2.42. The highest BCUT2D eigenvalue weighted by molar-refractivity contribution is 4.91. The van der Waals surface area contributed by atoms with Crippen LogP contribution in [-0.2, 0) is 4.74 Å². The molecule has 11 heavy (non-hydrogen) atoms. The van der Waals surface area contributed by atoms with E-state index < -0.39 is 0 Å². The van der Waals surface area contributed by atoms with Crippen molar-refractivity contribution in [1.82, 2.24) is 0 Å². The SMILES string of the molecule is COC(C(C)C)C1(C)CCC1. The molecule has 1 nitrogen and oxygen atoms in total. The van der Waals surface area contributed by atoms with E-state index >= 15 is 0 Å². The van der Waals surface area contributed by atoms with E-state index in [0.717, 1.165) is 0 Å². The van der Waals surface area contributed by atoms with Gasteiger partial charge in [-0.05, 0) is 24.2 Å². The van der Waals surface area contributed by atoms with Gasteiger partial charge in [-0.2, -0.15) is 0 Å². The van der Waals surface area contributed by atoms with Crippen LogP contribution >= 0.6 is 0 Å². The molecule has 0 aromatic carbocycles. The van der Waals surface area contributed by atoms with Gasteiger partial charge in [-0.15, -0.1) is 0 Å². The van der Waals surface area contributed by atoms with E-state index in [9.17, 15) is 0 Å². The van der Waals surface area contributed by atoms with Gasteiger partial charge in [0.15, 0.2) is 0 Å². The summed E-state index contributed by atoms with van der Waals surface area (Å²) < 4.78 is 5.52. The number of ether oxygens (including phenoxy) is 1. The Morgan fingerprint density at radius 3 is 1.91 bits per heavy atom. The highest BCUT2D eigenvalue weighted by atomic mass is 16.5. The van der Waals surface area contributed by atoms with E-state index in [1.54, 1.807) is 0 Å². The Bertz CT molecular complexity index is 125. The normalized spacial score (nSPS) is 24.8. The average Bonchev–Trinajstić information content (AvgIpc) is 1.85. The second-order valence-corrected chi connectivity index (χ2v) is 4.41. The van der Waals surface area contributed by atoms with Crippen LogP contribution in [0.3, 0.4) is 0 Å². The maximum atomic E-state index is 5.52. The average molecular weight is 156 g/mol. The third kappa shape index (κ3) is 1.58.